The summed E-state index contributed by atoms with van der Waals surface area (Å²) in [6.45, 7) is 0. The number of hydrogen-bond donors (Lipinski definition) is 0. The Morgan fingerprint density at radius 3 is 2.89 bits per heavy atom. The molecule has 0 aromatic carbocycles. The summed E-state index contributed by atoms with van der Waals surface area (Å²) >= 11 is 3.61. The number of rotatable bonds is 2. The van der Waals surface area contributed by atoms with Gasteiger partial charge >= 0.3 is 0 Å². The zero-order valence-electron chi connectivity index (χ0n) is 10.3. The fraction of sp³-hybridized carbons (Fsp3) is 0.538. The maximum Gasteiger partial charge on any atom is 0.256 e. The van der Waals surface area contributed by atoms with Crippen LogP contribution in [0.2, 0.25) is 0 Å². The maximum atomic E-state index is 13.5. The van der Waals surface area contributed by atoms with Gasteiger partial charge in [0.1, 0.15) is 0 Å². The summed E-state index contributed by atoms with van der Waals surface area (Å²) in [6, 6.07) is 1.57. The fourth-order valence-corrected chi connectivity index (χ4v) is 3.33. The standard InChI is InChI=1S/C13H16BrFN2O/c1-17(12-5-3-2-4-10(12)14)13(18)9-6-7-16-8-11(9)15/h6-8,10,12H,2-5H2,1H3. The van der Waals surface area contributed by atoms with Gasteiger partial charge in [-0.1, -0.05) is 28.8 Å². The second kappa shape index (κ2) is 5.78. The van der Waals surface area contributed by atoms with Gasteiger partial charge in [0, 0.05) is 24.1 Å². The van der Waals surface area contributed by atoms with Crippen molar-refractivity contribution in [2.75, 3.05) is 7.05 Å². The number of hydrogen-bond acceptors (Lipinski definition) is 2. The summed E-state index contributed by atoms with van der Waals surface area (Å²) in [4.78, 5) is 17.9. The molecule has 0 spiro atoms. The first kappa shape index (κ1) is 13.5. The van der Waals surface area contributed by atoms with Crippen molar-refractivity contribution in [3.63, 3.8) is 0 Å². The van der Waals surface area contributed by atoms with Gasteiger partial charge in [-0.25, -0.2) is 4.39 Å². The van der Waals surface area contributed by atoms with Crippen molar-refractivity contribution < 1.29 is 9.18 Å². The van der Waals surface area contributed by atoms with E-state index in [4.69, 9.17) is 0 Å². The summed E-state index contributed by atoms with van der Waals surface area (Å²) in [5, 5.41) is 0. The molecule has 1 amide bonds. The maximum absolute atomic E-state index is 13.5. The van der Waals surface area contributed by atoms with Gasteiger partial charge in [0.05, 0.1) is 11.8 Å². The van der Waals surface area contributed by atoms with Gasteiger partial charge in [0.15, 0.2) is 5.82 Å². The van der Waals surface area contributed by atoms with Crippen LogP contribution >= 0.6 is 15.9 Å². The van der Waals surface area contributed by atoms with Gasteiger partial charge in [-0.3, -0.25) is 9.78 Å². The molecule has 5 heteroatoms. The van der Waals surface area contributed by atoms with Crippen molar-refractivity contribution >= 4 is 21.8 Å². The summed E-state index contributed by atoms with van der Waals surface area (Å²) in [7, 11) is 1.74. The lowest BCUT2D eigenvalue weighted by molar-refractivity contribution is 0.0700. The lowest BCUT2D eigenvalue weighted by Gasteiger charge is -2.35. The quantitative estimate of drug-likeness (QED) is 0.786. The van der Waals surface area contributed by atoms with Gasteiger partial charge in [-0.05, 0) is 18.9 Å². The molecule has 0 aliphatic heterocycles. The van der Waals surface area contributed by atoms with Crippen molar-refractivity contribution in [2.45, 2.75) is 36.6 Å². The highest BCUT2D eigenvalue weighted by Gasteiger charge is 2.30. The van der Waals surface area contributed by atoms with Gasteiger partial charge in [-0.15, -0.1) is 0 Å². The SMILES string of the molecule is CN(C(=O)c1ccncc1F)C1CCCCC1Br. The average Bonchev–Trinajstić information content (AvgIpc) is 2.38. The van der Waals surface area contributed by atoms with Crippen molar-refractivity contribution in [1.82, 2.24) is 9.88 Å². The topological polar surface area (TPSA) is 33.2 Å². The molecule has 2 atom stereocenters. The Kier molecular flexibility index (Phi) is 4.32. The summed E-state index contributed by atoms with van der Waals surface area (Å²) in [5.41, 5.74) is 0.0952. The molecule has 0 radical (unpaired) electrons. The number of amides is 1. The summed E-state index contributed by atoms with van der Waals surface area (Å²) in [5.74, 6) is -0.831. The molecule has 1 heterocycles. The molecule has 98 valence electrons. The van der Waals surface area contributed by atoms with E-state index in [1.54, 1.807) is 11.9 Å². The number of alkyl halides is 1. The monoisotopic (exact) mass is 314 g/mol. The van der Waals surface area contributed by atoms with E-state index < -0.39 is 5.82 Å². The molecular formula is C13H16BrFN2O. The molecule has 1 saturated carbocycles. The lowest BCUT2D eigenvalue weighted by Crippen LogP contribution is -2.44. The van der Waals surface area contributed by atoms with Crippen LogP contribution in [-0.2, 0) is 0 Å². The molecule has 18 heavy (non-hydrogen) atoms. The van der Waals surface area contributed by atoms with E-state index in [1.807, 2.05) is 0 Å². The first-order chi connectivity index (χ1) is 8.61. The van der Waals surface area contributed by atoms with Crippen LogP contribution in [0.4, 0.5) is 4.39 Å². The molecule has 0 saturated heterocycles. The highest BCUT2D eigenvalue weighted by molar-refractivity contribution is 9.09. The third-order valence-corrected chi connectivity index (χ3v) is 4.54. The van der Waals surface area contributed by atoms with Crippen LogP contribution in [0.25, 0.3) is 0 Å². The molecule has 1 aliphatic rings. The molecule has 1 aromatic rings. The number of aromatic nitrogens is 1. The predicted molar refractivity (Wildman–Crippen MR) is 71.3 cm³/mol. The number of halogens is 2. The minimum atomic E-state index is -0.559. The molecule has 3 nitrogen and oxygen atoms in total. The van der Waals surface area contributed by atoms with Crippen LogP contribution in [0.5, 0.6) is 0 Å². The summed E-state index contributed by atoms with van der Waals surface area (Å²) in [6.07, 6.45) is 6.83. The van der Waals surface area contributed by atoms with E-state index in [1.165, 1.54) is 18.7 Å². The minimum Gasteiger partial charge on any atom is -0.338 e. The van der Waals surface area contributed by atoms with Gasteiger partial charge in [0.25, 0.3) is 5.91 Å². The number of carbonyl (C=O) groups excluding carboxylic acids is 1. The fourth-order valence-electron chi connectivity index (χ4n) is 2.39. The Labute approximate surface area is 115 Å². The van der Waals surface area contributed by atoms with Crippen LogP contribution in [0.15, 0.2) is 18.5 Å². The van der Waals surface area contributed by atoms with Gasteiger partial charge < -0.3 is 4.90 Å². The zero-order chi connectivity index (χ0) is 13.1. The smallest absolute Gasteiger partial charge is 0.256 e. The highest BCUT2D eigenvalue weighted by Crippen LogP contribution is 2.28. The molecule has 1 fully saturated rings. The van der Waals surface area contributed by atoms with E-state index in [0.717, 1.165) is 25.5 Å². The lowest BCUT2D eigenvalue weighted by atomic mass is 9.94. The van der Waals surface area contributed by atoms with Crippen LogP contribution < -0.4 is 0 Å². The minimum absolute atomic E-state index is 0.0952. The third kappa shape index (κ3) is 2.71. The van der Waals surface area contributed by atoms with E-state index in [2.05, 4.69) is 20.9 Å². The highest BCUT2D eigenvalue weighted by atomic mass is 79.9. The number of carbonyl (C=O) groups is 1. The Hall–Kier alpha value is -0.970. The molecule has 0 N–H and O–H groups in total. The van der Waals surface area contributed by atoms with Gasteiger partial charge in [0.2, 0.25) is 0 Å². The Balaban J connectivity index is 2.16. The molecule has 2 unspecified atom stereocenters. The zero-order valence-corrected chi connectivity index (χ0v) is 11.9. The largest absolute Gasteiger partial charge is 0.338 e. The van der Waals surface area contributed by atoms with Crippen molar-refractivity contribution in [3.8, 4) is 0 Å². The van der Waals surface area contributed by atoms with Crippen molar-refractivity contribution in [2.24, 2.45) is 0 Å². The molecular weight excluding hydrogens is 299 g/mol. The van der Waals surface area contributed by atoms with Crippen LogP contribution in [0, 0.1) is 5.82 Å². The molecule has 1 aromatic heterocycles. The van der Waals surface area contributed by atoms with Crippen molar-refractivity contribution in [1.29, 1.82) is 0 Å². The first-order valence-electron chi connectivity index (χ1n) is 6.12. The second-order valence-corrected chi connectivity index (χ2v) is 5.82. The average molecular weight is 315 g/mol. The molecule has 0 bridgehead atoms. The van der Waals surface area contributed by atoms with Crippen LogP contribution in [0.1, 0.15) is 36.0 Å². The van der Waals surface area contributed by atoms with Crippen LogP contribution in [-0.4, -0.2) is 33.7 Å². The second-order valence-electron chi connectivity index (χ2n) is 4.64. The Morgan fingerprint density at radius 1 is 1.50 bits per heavy atom. The Bertz CT molecular complexity index is 441. The number of nitrogens with zero attached hydrogens (tertiary/aromatic N) is 2. The molecule has 1 aliphatic carbocycles. The Morgan fingerprint density at radius 2 is 2.22 bits per heavy atom. The molecule has 2 rings (SSSR count). The third-order valence-electron chi connectivity index (χ3n) is 3.47. The first-order valence-corrected chi connectivity index (χ1v) is 7.03. The van der Waals surface area contributed by atoms with E-state index in [9.17, 15) is 9.18 Å². The normalized spacial score (nSPS) is 23.7. The van der Waals surface area contributed by atoms with Gasteiger partial charge in [-0.2, -0.15) is 0 Å². The van der Waals surface area contributed by atoms with E-state index in [-0.39, 0.29) is 17.5 Å². The predicted octanol–water partition coefficient (Wildman–Crippen LogP) is 3.00. The van der Waals surface area contributed by atoms with E-state index in [0.29, 0.717) is 4.83 Å². The van der Waals surface area contributed by atoms with Crippen molar-refractivity contribution in [3.05, 3.63) is 29.8 Å². The number of pyridine rings is 1. The van der Waals surface area contributed by atoms with E-state index >= 15 is 0 Å². The summed E-state index contributed by atoms with van der Waals surface area (Å²) < 4.78 is 13.5. The van der Waals surface area contributed by atoms with Crippen LogP contribution in [0.3, 0.4) is 0 Å².